The third-order valence-corrected chi connectivity index (χ3v) is 3.02. The van der Waals surface area contributed by atoms with Gasteiger partial charge in [-0.2, -0.15) is 0 Å². The molecule has 0 N–H and O–H groups in total. The lowest BCUT2D eigenvalue weighted by Crippen LogP contribution is -2.03. The molecule has 0 spiro atoms. The summed E-state index contributed by atoms with van der Waals surface area (Å²) >= 11 is 6.41. The summed E-state index contributed by atoms with van der Waals surface area (Å²) in [5.74, 6) is 0. The molecule has 84 valence electrons. The quantitative estimate of drug-likeness (QED) is 0.651. The van der Waals surface area contributed by atoms with E-state index >= 15 is 0 Å². The van der Waals surface area contributed by atoms with Gasteiger partial charge in [-0.3, -0.25) is 4.57 Å². The van der Waals surface area contributed by atoms with Crippen molar-refractivity contribution in [1.82, 2.24) is 19.5 Å². The van der Waals surface area contributed by atoms with Crippen molar-refractivity contribution in [2.24, 2.45) is 0 Å². The molecule has 0 aliphatic heterocycles. The normalized spacial score (nSPS) is 12.8. The summed E-state index contributed by atoms with van der Waals surface area (Å²) in [6.07, 6.45) is 4.85. The highest BCUT2D eigenvalue weighted by molar-refractivity contribution is 6.21. The SMILES string of the molecule is ClC(c1ccccc1)n1cnc2cncnc21. The number of fused-ring (bicyclic) bond motifs is 1. The second-order valence-electron chi connectivity index (χ2n) is 3.63. The average Bonchev–Trinajstić information content (AvgIpc) is 2.83. The van der Waals surface area contributed by atoms with Gasteiger partial charge in [-0.15, -0.1) is 0 Å². The molecule has 1 unspecified atom stereocenters. The van der Waals surface area contributed by atoms with Crippen LogP contribution in [0.4, 0.5) is 0 Å². The van der Waals surface area contributed by atoms with Crippen LogP contribution in [0.2, 0.25) is 0 Å². The first-order valence-corrected chi connectivity index (χ1v) is 5.61. The van der Waals surface area contributed by atoms with E-state index in [0.29, 0.717) is 0 Å². The van der Waals surface area contributed by atoms with Crippen molar-refractivity contribution in [3.8, 4) is 0 Å². The molecule has 3 rings (SSSR count). The number of alkyl halides is 1. The summed E-state index contributed by atoms with van der Waals surface area (Å²) in [6.45, 7) is 0. The lowest BCUT2D eigenvalue weighted by molar-refractivity contribution is 0.780. The molecule has 4 nitrogen and oxygen atoms in total. The van der Waals surface area contributed by atoms with Crippen molar-refractivity contribution in [1.29, 1.82) is 0 Å². The Kier molecular flexibility index (Phi) is 2.49. The Bertz CT molecular complexity index is 635. The van der Waals surface area contributed by atoms with Gasteiger partial charge in [-0.05, 0) is 5.56 Å². The largest absolute Gasteiger partial charge is 0.294 e. The second-order valence-corrected chi connectivity index (χ2v) is 4.04. The predicted octanol–water partition coefficient (Wildman–Crippen LogP) is 2.61. The number of rotatable bonds is 2. The Morgan fingerprint density at radius 3 is 2.76 bits per heavy atom. The van der Waals surface area contributed by atoms with Crippen LogP contribution in [0.3, 0.4) is 0 Å². The van der Waals surface area contributed by atoms with Crippen molar-refractivity contribution in [2.75, 3.05) is 0 Å². The first-order valence-electron chi connectivity index (χ1n) is 5.18. The molecule has 0 radical (unpaired) electrons. The third-order valence-electron chi connectivity index (χ3n) is 2.56. The van der Waals surface area contributed by atoms with Gasteiger partial charge in [0.1, 0.15) is 17.3 Å². The van der Waals surface area contributed by atoms with Gasteiger partial charge in [-0.25, -0.2) is 15.0 Å². The maximum atomic E-state index is 6.41. The van der Waals surface area contributed by atoms with E-state index in [0.717, 1.165) is 16.7 Å². The van der Waals surface area contributed by atoms with Gasteiger partial charge in [-0.1, -0.05) is 41.9 Å². The van der Waals surface area contributed by atoms with Crippen LogP contribution in [0.15, 0.2) is 49.2 Å². The van der Waals surface area contributed by atoms with Gasteiger partial charge in [0.25, 0.3) is 0 Å². The predicted molar refractivity (Wildman–Crippen MR) is 65.8 cm³/mol. The number of benzene rings is 1. The highest BCUT2D eigenvalue weighted by atomic mass is 35.5. The zero-order valence-electron chi connectivity index (χ0n) is 8.86. The van der Waals surface area contributed by atoms with Gasteiger partial charge in [0.05, 0.1) is 12.5 Å². The Morgan fingerprint density at radius 1 is 1.12 bits per heavy atom. The molecule has 5 heteroatoms. The van der Waals surface area contributed by atoms with E-state index in [1.807, 2.05) is 34.9 Å². The molecule has 3 aromatic rings. The van der Waals surface area contributed by atoms with Crippen LogP contribution in [0.5, 0.6) is 0 Å². The first kappa shape index (κ1) is 10.2. The summed E-state index contributed by atoms with van der Waals surface area (Å²) in [7, 11) is 0. The minimum Gasteiger partial charge on any atom is -0.294 e. The van der Waals surface area contributed by atoms with Crippen LogP contribution in [-0.2, 0) is 0 Å². The van der Waals surface area contributed by atoms with Crippen molar-refractivity contribution >= 4 is 22.8 Å². The van der Waals surface area contributed by atoms with E-state index in [1.165, 1.54) is 6.33 Å². The van der Waals surface area contributed by atoms with Gasteiger partial charge >= 0.3 is 0 Å². The standard InChI is InChI=1S/C12H9ClN4/c13-11(9-4-2-1-3-5-9)17-8-16-10-6-14-7-15-12(10)17/h1-8,11H. The Hall–Kier alpha value is -1.94. The summed E-state index contributed by atoms with van der Waals surface area (Å²) < 4.78 is 1.83. The molecule has 1 aromatic carbocycles. The van der Waals surface area contributed by atoms with E-state index in [9.17, 15) is 0 Å². The molecule has 17 heavy (non-hydrogen) atoms. The molecule has 0 fully saturated rings. The number of halogens is 1. The Balaban J connectivity index is 2.10. The zero-order valence-corrected chi connectivity index (χ0v) is 9.62. The molecule has 0 saturated heterocycles. The van der Waals surface area contributed by atoms with Gasteiger partial charge in [0.15, 0.2) is 5.65 Å². The van der Waals surface area contributed by atoms with Crippen LogP contribution in [0.1, 0.15) is 11.1 Å². The summed E-state index contributed by atoms with van der Waals surface area (Å²) in [5, 5.41) is 0. The summed E-state index contributed by atoms with van der Waals surface area (Å²) in [6, 6.07) is 9.83. The molecule has 0 aliphatic rings. The molecule has 2 aromatic heterocycles. The molecule has 0 aliphatic carbocycles. The van der Waals surface area contributed by atoms with Gasteiger partial charge < -0.3 is 0 Å². The van der Waals surface area contributed by atoms with E-state index in [2.05, 4.69) is 15.0 Å². The molecule has 1 atom stereocenters. The molecule has 0 amide bonds. The van der Waals surface area contributed by atoms with Crippen molar-refractivity contribution in [3.05, 3.63) is 54.7 Å². The number of hydrogen-bond donors (Lipinski definition) is 0. The highest BCUT2D eigenvalue weighted by Crippen LogP contribution is 2.25. The molecule has 0 bridgehead atoms. The highest BCUT2D eigenvalue weighted by Gasteiger charge is 2.13. The lowest BCUT2D eigenvalue weighted by Gasteiger charge is -2.11. The first-order chi connectivity index (χ1) is 8.36. The van der Waals surface area contributed by atoms with Crippen LogP contribution in [0.25, 0.3) is 11.2 Å². The second kappa shape index (κ2) is 4.14. The lowest BCUT2D eigenvalue weighted by atomic mass is 10.2. The molecule has 2 heterocycles. The molecular weight excluding hydrogens is 236 g/mol. The molecular formula is C12H9ClN4. The summed E-state index contributed by atoms with van der Waals surface area (Å²) in [5.41, 5.74) is 2.18. The van der Waals surface area contributed by atoms with E-state index < -0.39 is 0 Å². The average molecular weight is 245 g/mol. The Morgan fingerprint density at radius 2 is 1.94 bits per heavy atom. The number of hydrogen-bond acceptors (Lipinski definition) is 3. The maximum Gasteiger partial charge on any atom is 0.164 e. The Labute approximate surface area is 103 Å². The topological polar surface area (TPSA) is 43.6 Å². The van der Waals surface area contributed by atoms with Crippen molar-refractivity contribution in [2.45, 2.75) is 5.50 Å². The number of nitrogens with zero attached hydrogens (tertiary/aromatic N) is 4. The molecule has 0 saturated carbocycles. The van der Waals surface area contributed by atoms with Gasteiger partial charge in [0.2, 0.25) is 0 Å². The van der Waals surface area contributed by atoms with Crippen LogP contribution in [-0.4, -0.2) is 19.5 Å². The van der Waals surface area contributed by atoms with Crippen LogP contribution >= 0.6 is 11.6 Å². The van der Waals surface area contributed by atoms with E-state index in [-0.39, 0.29) is 5.50 Å². The zero-order chi connectivity index (χ0) is 11.7. The van der Waals surface area contributed by atoms with E-state index in [4.69, 9.17) is 11.6 Å². The fourth-order valence-corrected chi connectivity index (χ4v) is 2.01. The number of imidazole rings is 1. The smallest absolute Gasteiger partial charge is 0.164 e. The fourth-order valence-electron chi connectivity index (χ4n) is 1.72. The fraction of sp³-hybridized carbons (Fsp3) is 0.0833. The van der Waals surface area contributed by atoms with Crippen LogP contribution in [0, 0.1) is 0 Å². The van der Waals surface area contributed by atoms with Crippen molar-refractivity contribution < 1.29 is 0 Å². The summed E-state index contributed by atoms with van der Waals surface area (Å²) in [4.78, 5) is 12.3. The van der Waals surface area contributed by atoms with Crippen molar-refractivity contribution in [3.63, 3.8) is 0 Å². The van der Waals surface area contributed by atoms with Crippen LogP contribution < -0.4 is 0 Å². The minimum atomic E-state index is -0.309. The number of aromatic nitrogens is 4. The van der Waals surface area contributed by atoms with E-state index in [1.54, 1.807) is 12.5 Å². The maximum absolute atomic E-state index is 6.41. The van der Waals surface area contributed by atoms with Gasteiger partial charge in [0, 0.05) is 0 Å². The monoisotopic (exact) mass is 244 g/mol. The minimum absolute atomic E-state index is 0.309. The third kappa shape index (κ3) is 1.76.